The molecule has 1 rings (SSSR count). The van der Waals surface area contributed by atoms with E-state index in [0.717, 1.165) is 6.42 Å². The molecule has 0 amide bonds. The number of hydrogen-bond donors (Lipinski definition) is 4. The molecule has 5 atom stereocenters. The molecule has 1 aliphatic rings. The van der Waals surface area contributed by atoms with Gasteiger partial charge in [-0.2, -0.15) is 0 Å². The van der Waals surface area contributed by atoms with Crippen LogP contribution < -0.4 is 0 Å². The molecule has 0 aromatic rings. The Morgan fingerprint density at radius 1 is 0.704 bits per heavy atom. The number of ether oxygens (including phenoxy) is 3. The fraction of sp³-hybridized carbons (Fsp3) is 1.00. The Kier molecular flexibility index (Phi) is 14.3. The second-order valence-electron chi connectivity index (χ2n) is 7.36. The van der Waals surface area contributed by atoms with Gasteiger partial charge in [0.05, 0.1) is 19.8 Å². The van der Waals surface area contributed by atoms with Crippen LogP contribution in [0.2, 0.25) is 0 Å². The van der Waals surface area contributed by atoms with E-state index in [-0.39, 0.29) is 6.61 Å². The predicted molar refractivity (Wildman–Crippen MR) is 102 cm³/mol. The van der Waals surface area contributed by atoms with Crippen LogP contribution in [0.15, 0.2) is 0 Å². The van der Waals surface area contributed by atoms with Gasteiger partial charge in [-0.25, -0.2) is 0 Å². The van der Waals surface area contributed by atoms with Crippen LogP contribution in [0.25, 0.3) is 0 Å². The molecule has 0 spiro atoms. The number of rotatable bonds is 16. The van der Waals surface area contributed by atoms with Crippen molar-refractivity contribution in [3.63, 3.8) is 0 Å². The average Bonchev–Trinajstić information content (AvgIpc) is 2.68. The van der Waals surface area contributed by atoms with Crippen LogP contribution in [0.5, 0.6) is 0 Å². The fourth-order valence-corrected chi connectivity index (χ4v) is 3.22. The van der Waals surface area contributed by atoms with E-state index in [0.29, 0.717) is 13.2 Å². The first-order valence-corrected chi connectivity index (χ1v) is 10.6. The Morgan fingerprint density at radius 2 is 1.30 bits per heavy atom. The number of unbranched alkanes of at least 4 members (excludes halogenated alkanes) is 9. The maximum absolute atomic E-state index is 9.84. The van der Waals surface area contributed by atoms with Crippen molar-refractivity contribution in [2.24, 2.45) is 0 Å². The Balaban J connectivity index is 1.92. The zero-order chi connectivity index (χ0) is 19.9. The molecule has 1 heterocycles. The van der Waals surface area contributed by atoms with E-state index in [9.17, 15) is 15.3 Å². The van der Waals surface area contributed by atoms with Gasteiger partial charge >= 0.3 is 0 Å². The van der Waals surface area contributed by atoms with Crippen molar-refractivity contribution < 1.29 is 34.6 Å². The standard InChI is InChI=1S/C20H40O7/c1-2-3-4-5-6-7-8-9-10-11-12-25-13-14-26-20-19(24)18(23)17(22)16(15-21)27-20/h16-24H,2-15H2,1H3/t16-,17-,18+,19-,20-/m1/s1. The highest BCUT2D eigenvalue weighted by molar-refractivity contribution is 4.88. The molecule has 1 aliphatic heterocycles. The van der Waals surface area contributed by atoms with E-state index in [2.05, 4.69) is 6.92 Å². The van der Waals surface area contributed by atoms with E-state index >= 15 is 0 Å². The third-order valence-electron chi connectivity index (χ3n) is 5.00. The van der Waals surface area contributed by atoms with Crippen LogP contribution in [-0.4, -0.2) is 77.6 Å². The van der Waals surface area contributed by atoms with Crippen LogP contribution >= 0.6 is 0 Å². The molecular formula is C20H40O7. The summed E-state index contributed by atoms with van der Waals surface area (Å²) in [4.78, 5) is 0. The Bertz CT molecular complexity index is 340. The van der Waals surface area contributed by atoms with Gasteiger partial charge in [-0.1, -0.05) is 64.7 Å². The van der Waals surface area contributed by atoms with Crippen LogP contribution in [0.1, 0.15) is 71.1 Å². The van der Waals surface area contributed by atoms with Gasteiger partial charge in [0.25, 0.3) is 0 Å². The van der Waals surface area contributed by atoms with Gasteiger partial charge < -0.3 is 34.6 Å². The molecule has 1 saturated heterocycles. The largest absolute Gasteiger partial charge is 0.394 e. The first-order chi connectivity index (χ1) is 13.1. The molecule has 162 valence electrons. The molecule has 1 fully saturated rings. The van der Waals surface area contributed by atoms with Gasteiger partial charge in [-0.15, -0.1) is 0 Å². The van der Waals surface area contributed by atoms with Crippen molar-refractivity contribution in [3.8, 4) is 0 Å². The molecule has 0 aliphatic carbocycles. The normalized spacial score (nSPS) is 28.6. The SMILES string of the molecule is CCCCCCCCCCCCOCCO[C@@H]1O[C@H](CO)[C@@H](O)[C@H](O)[C@H]1O. The van der Waals surface area contributed by atoms with Crippen molar-refractivity contribution in [1.82, 2.24) is 0 Å². The van der Waals surface area contributed by atoms with Crippen molar-refractivity contribution >= 4 is 0 Å². The lowest BCUT2D eigenvalue weighted by Gasteiger charge is -2.39. The molecule has 0 unspecified atom stereocenters. The highest BCUT2D eigenvalue weighted by Gasteiger charge is 2.43. The van der Waals surface area contributed by atoms with Crippen LogP contribution in [0.3, 0.4) is 0 Å². The minimum Gasteiger partial charge on any atom is -0.394 e. The summed E-state index contributed by atoms with van der Waals surface area (Å²) in [6.45, 7) is 3.03. The minimum absolute atomic E-state index is 0.209. The van der Waals surface area contributed by atoms with E-state index < -0.39 is 37.3 Å². The Morgan fingerprint density at radius 3 is 1.89 bits per heavy atom. The van der Waals surface area contributed by atoms with Crippen LogP contribution in [0, 0.1) is 0 Å². The van der Waals surface area contributed by atoms with Crippen LogP contribution in [-0.2, 0) is 14.2 Å². The Labute approximate surface area is 163 Å². The van der Waals surface area contributed by atoms with Crippen molar-refractivity contribution in [3.05, 3.63) is 0 Å². The van der Waals surface area contributed by atoms with Gasteiger partial charge in [-0.05, 0) is 6.42 Å². The molecule has 0 aromatic heterocycles. The third-order valence-corrected chi connectivity index (χ3v) is 5.00. The average molecular weight is 393 g/mol. The van der Waals surface area contributed by atoms with Gasteiger partial charge in [-0.3, -0.25) is 0 Å². The van der Waals surface area contributed by atoms with Gasteiger partial charge in [0.1, 0.15) is 24.4 Å². The summed E-state index contributed by atoms with van der Waals surface area (Å²) >= 11 is 0. The monoisotopic (exact) mass is 392 g/mol. The third kappa shape index (κ3) is 10.2. The lowest BCUT2D eigenvalue weighted by atomic mass is 9.99. The topological polar surface area (TPSA) is 109 Å². The quantitative estimate of drug-likeness (QED) is 0.296. The van der Waals surface area contributed by atoms with Gasteiger partial charge in [0.15, 0.2) is 6.29 Å². The summed E-state index contributed by atoms with van der Waals surface area (Å²) in [5.74, 6) is 0. The maximum atomic E-state index is 9.84. The second-order valence-corrected chi connectivity index (χ2v) is 7.36. The summed E-state index contributed by atoms with van der Waals surface area (Å²) in [6.07, 6.45) is 6.66. The predicted octanol–water partition coefficient (Wildman–Crippen LogP) is 1.74. The first-order valence-electron chi connectivity index (χ1n) is 10.6. The van der Waals surface area contributed by atoms with Crippen molar-refractivity contribution in [2.45, 2.75) is 102 Å². The zero-order valence-electron chi connectivity index (χ0n) is 16.8. The minimum atomic E-state index is -1.41. The molecule has 0 bridgehead atoms. The summed E-state index contributed by atoms with van der Waals surface area (Å²) in [7, 11) is 0. The van der Waals surface area contributed by atoms with Crippen molar-refractivity contribution in [2.75, 3.05) is 26.4 Å². The second kappa shape index (κ2) is 15.6. The summed E-state index contributed by atoms with van der Waals surface area (Å²) in [5.41, 5.74) is 0. The molecule has 7 heteroatoms. The molecule has 4 N–H and O–H groups in total. The first kappa shape index (κ1) is 24.8. The number of aliphatic hydroxyl groups is 4. The van der Waals surface area contributed by atoms with E-state index in [1.54, 1.807) is 0 Å². The molecule has 7 nitrogen and oxygen atoms in total. The molecule has 0 aromatic carbocycles. The summed E-state index contributed by atoms with van der Waals surface area (Å²) in [5, 5.41) is 38.3. The van der Waals surface area contributed by atoms with Gasteiger partial charge in [0.2, 0.25) is 0 Å². The lowest BCUT2D eigenvalue weighted by molar-refractivity contribution is -0.302. The van der Waals surface area contributed by atoms with E-state index in [1.165, 1.54) is 57.8 Å². The highest BCUT2D eigenvalue weighted by Crippen LogP contribution is 2.21. The number of aliphatic hydroxyl groups excluding tert-OH is 4. The van der Waals surface area contributed by atoms with E-state index in [4.69, 9.17) is 19.3 Å². The highest BCUT2D eigenvalue weighted by atomic mass is 16.7. The fourth-order valence-electron chi connectivity index (χ4n) is 3.22. The van der Waals surface area contributed by atoms with E-state index in [1.807, 2.05) is 0 Å². The smallest absolute Gasteiger partial charge is 0.186 e. The molecule has 27 heavy (non-hydrogen) atoms. The molecule has 0 saturated carbocycles. The summed E-state index contributed by atoms with van der Waals surface area (Å²) < 4.78 is 16.1. The molecular weight excluding hydrogens is 352 g/mol. The van der Waals surface area contributed by atoms with Crippen molar-refractivity contribution in [1.29, 1.82) is 0 Å². The van der Waals surface area contributed by atoms with Gasteiger partial charge in [0, 0.05) is 6.61 Å². The Hall–Kier alpha value is -0.280. The summed E-state index contributed by atoms with van der Waals surface area (Å²) in [6, 6.07) is 0. The lowest BCUT2D eigenvalue weighted by Crippen LogP contribution is -2.59. The van der Waals surface area contributed by atoms with Crippen LogP contribution in [0.4, 0.5) is 0 Å². The maximum Gasteiger partial charge on any atom is 0.186 e. The zero-order valence-corrected chi connectivity index (χ0v) is 16.8. The number of hydrogen-bond acceptors (Lipinski definition) is 7. The molecule has 0 radical (unpaired) electrons.